The van der Waals surface area contributed by atoms with Gasteiger partial charge < -0.3 is 16.4 Å². The molecule has 1 fully saturated rings. The maximum Gasteiger partial charge on any atom is 0.222 e. The number of rotatable bonds is 3. The second-order valence-electron chi connectivity index (χ2n) is 4.28. The van der Waals surface area contributed by atoms with Crippen LogP contribution >= 0.6 is 12.2 Å². The second-order valence-corrected chi connectivity index (χ2v) is 4.72. The predicted molar refractivity (Wildman–Crippen MR) is 72.1 cm³/mol. The molecule has 0 bridgehead atoms. The summed E-state index contributed by atoms with van der Waals surface area (Å²) in [6, 6.07) is 0. The topological polar surface area (TPSA) is 98.1 Å². The van der Waals surface area contributed by atoms with Crippen LogP contribution in [0.1, 0.15) is 18.5 Å². The van der Waals surface area contributed by atoms with Crippen molar-refractivity contribution in [2.45, 2.75) is 12.8 Å². The van der Waals surface area contributed by atoms with Crippen molar-refractivity contribution in [2.24, 2.45) is 17.4 Å². The van der Waals surface area contributed by atoms with E-state index in [9.17, 15) is 4.79 Å². The number of nitrogens with two attached hydrogens (primary N) is 2. The fourth-order valence-electron chi connectivity index (χ4n) is 2.14. The highest BCUT2D eigenvalue weighted by atomic mass is 32.1. The number of anilines is 1. The van der Waals surface area contributed by atoms with E-state index in [1.165, 1.54) is 0 Å². The van der Waals surface area contributed by atoms with Gasteiger partial charge >= 0.3 is 0 Å². The Morgan fingerprint density at radius 1 is 1.39 bits per heavy atom. The molecule has 0 aliphatic carbocycles. The van der Waals surface area contributed by atoms with E-state index in [2.05, 4.69) is 9.97 Å². The fraction of sp³-hybridized carbons (Fsp3) is 0.455. The van der Waals surface area contributed by atoms with Gasteiger partial charge in [0, 0.05) is 25.5 Å². The van der Waals surface area contributed by atoms with Crippen molar-refractivity contribution >= 4 is 28.9 Å². The molecule has 1 aliphatic heterocycles. The molecule has 0 aromatic carbocycles. The van der Waals surface area contributed by atoms with Crippen LogP contribution in [0.15, 0.2) is 12.4 Å². The van der Waals surface area contributed by atoms with E-state index in [4.69, 9.17) is 23.7 Å². The first-order chi connectivity index (χ1) is 8.59. The molecule has 18 heavy (non-hydrogen) atoms. The molecule has 6 nitrogen and oxygen atoms in total. The Morgan fingerprint density at radius 3 is 2.78 bits per heavy atom. The Kier molecular flexibility index (Phi) is 3.71. The Hall–Kier alpha value is -1.76. The van der Waals surface area contributed by atoms with Crippen molar-refractivity contribution < 1.29 is 4.79 Å². The minimum absolute atomic E-state index is 0.153. The largest absolute Gasteiger partial charge is 0.388 e. The molecule has 0 spiro atoms. The number of aromatic nitrogens is 2. The first-order valence-electron chi connectivity index (χ1n) is 5.74. The summed E-state index contributed by atoms with van der Waals surface area (Å²) in [6.07, 6.45) is 4.84. The van der Waals surface area contributed by atoms with Crippen molar-refractivity contribution in [1.29, 1.82) is 0 Å². The number of hydrogen-bond acceptors (Lipinski definition) is 5. The first-order valence-corrected chi connectivity index (χ1v) is 6.15. The molecule has 1 atom stereocenters. The smallest absolute Gasteiger partial charge is 0.222 e. The summed E-state index contributed by atoms with van der Waals surface area (Å²) in [5.41, 5.74) is 11.5. The summed E-state index contributed by atoms with van der Waals surface area (Å²) in [5.74, 6) is 0.205. The van der Waals surface area contributed by atoms with E-state index in [-0.39, 0.29) is 16.8 Å². The van der Waals surface area contributed by atoms with Gasteiger partial charge in [-0.2, -0.15) is 0 Å². The fourth-order valence-corrected chi connectivity index (χ4v) is 2.28. The minimum Gasteiger partial charge on any atom is -0.388 e. The highest BCUT2D eigenvalue weighted by molar-refractivity contribution is 7.80. The molecule has 1 aromatic rings. The number of piperidine rings is 1. The van der Waals surface area contributed by atoms with Crippen LogP contribution < -0.4 is 16.4 Å². The van der Waals surface area contributed by atoms with Gasteiger partial charge in [-0.25, -0.2) is 9.97 Å². The van der Waals surface area contributed by atoms with Crippen molar-refractivity contribution in [1.82, 2.24) is 9.97 Å². The van der Waals surface area contributed by atoms with Gasteiger partial charge in [0.2, 0.25) is 5.91 Å². The third-order valence-electron chi connectivity index (χ3n) is 3.04. The van der Waals surface area contributed by atoms with Crippen molar-refractivity contribution in [3.05, 3.63) is 18.1 Å². The van der Waals surface area contributed by atoms with Crippen LogP contribution in [0.25, 0.3) is 0 Å². The van der Waals surface area contributed by atoms with Gasteiger partial charge in [-0.1, -0.05) is 12.2 Å². The normalized spacial score (nSPS) is 19.6. The van der Waals surface area contributed by atoms with Crippen LogP contribution in [-0.2, 0) is 4.79 Å². The summed E-state index contributed by atoms with van der Waals surface area (Å²) in [4.78, 5) is 21.8. The van der Waals surface area contributed by atoms with E-state index in [1.807, 2.05) is 4.90 Å². The Morgan fingerprint density at radius 2 is 2.11 bits per heavy atom. The summed E-state index contributed by atoms with van der Waals surface area (Å²) >= 11 is 4.96. The monoisotopic (exact) mass is 265 g/mol. The molecule has 1 aliphatic rings. The lowest BCUT2D eigenvalue weighted by Gasteiger charge is -2.32. The maximum atomic E-state index is 11.3. The molecule has 2 heterocycles. The van der Waals surface area contributed by atoms with Gasteiger partial charge in [-0.05, 0) is 12.8 Å². The van der Waals surface area contributed by atoms with Crippen LogP contribution in [0.2, 0.25) is 0 Å². The summed E-state index contributed by atoms with van der Waals surface area (Å²) < 4.78 is 0. The standard InChI is InChI=1S/C11H15N5OS/c12-9(17)7-2-1-5-16(6-7)11-8(10(13)18)14-3-4-15-11/h3-4,7H,1-2,5-6H2,(H2,12,17)(H2,13,18). The summed E-state index contributed by atoms with van der Waals surface area (Å²) in [7, 11) is 0. The van der Waals surface area contributed by atoms with Crippen molar-refractivity contribution in [3.8, 4) is 0 Å². The average Bonchev–Trinajstić information content (AvgIpc) is 2.39. The quantitative estimate of drug-likeness (QED) is 0.735. The highest BCUT2D eigenvalue weighted by Crippen LogP contribution is 2.23. The van der Waals surface area contributed by atoms with Crippen molar-refractivity contribution in [2.75, 3.05) is 18.0 Å². The van der Waals surface area contributed by atoms with Gasteiger partial charge in [0.05, 0.1) is 5.92 Å². The third-order valence-corrected chi connectivity index (χ3v) is 3.23. The van der Waals surface area contributed by atoms with Gasteiger partial charge in [-0.15, -0.1) is 0 Å². The van der Waals surface area contributed by atoms with E-state index < -0.39 is 0 Å². The first kappa shape index (κ1) is 12.7. The highest BCUT2D eigenvalue weighted by Gasteiger charge is 2.26. The number of carbonyl (C=O) groups is 1. The Bertz CT molecular complexity index is 478. The zero-order valence-corrected chi connectivity index (χ0v) is 10.7. The zero-order chi connectivity index (χ0) is 13.1. The SMILES string of the molecule is NC(=O)C1CCCN(c2nccnc2C(N)=S)C1. The molecule has 0 radical (unpaired) electrons. The number of carbonyl (C=O) groups excluding carboxylic acids is 1. The molecule has 2 rings (SSSR count). The number of primary amides is 1. The van der Waals surface area contributed by atoms with Crippen LogP contribution in [0.3, 0.4) is 0 Å². The third kappa shape index (κ3) is 2.56. The molecular weight excluding hydrogens is 250 g/mol. The molecule has 0 saturated carbocycles. The second kappa shape index (κ2) is 5.26. The van der Waals surface area contributed by atoms with Gasteiger partial charge in [0.1, 0.15) is 10.7 Å². The lowest BCUT2D eigenvalue weighted by molar-refractivity contribution is -0.122. The molecule has 1 saturated heterocycles. The number of amides is 1. The molecule has 7 heteroatoms. The summed E-state index contributed by atoms with van der Waals surface area (Å²) in [6.45, 7) is 1.35. The van der Waals surface area contributed by atoms with Crippen LogP contribution in [0.5, 0.6) is 0 Å². The maximum absolute atomic E-state index is 11.3. The van der Waals surface area contributed by atoms with Crippen molar-refractivity contribution in [3.63, 3.8) is 0 Å². The Balaban J connectivity index is 2.26. The predicted octanol–water partition coefficient (Wildman–Crippen LogP) is -0.188. The van der Waals surface area contributed by atoms with E-state index in [0.29, 0.717) is 18.1 Å². The van der Waals surface area contributed by atoms with Crippen LogP contribution in [0.4, 0.5) is 5.82 Å². The van der Waals surface area contributed by atoms with Gasteiger partial charge in [-0.3, -0.25) is 4.79 Å². The van der Waals surface area contributed by atoms with Gasteiger partial charge in [0.15, 0.2) is 5.82 Å². The lowest BCUT2D eigenvalue weighted by Crippen LogP contribution is -2.42. The van der Waals surface area contributed by atoms with Gasteiger partial charge in [0.25, 0.3) is 0 Å². The molecule has 96 valence electrons. The molecule has 4 N–H and O–H groups in total. The number of thiocarbonyl (C=S) groups is 1. The average molecular weight is 265 g/mol. The number of nitrogens with zero attached hydrogens (tertiary/aromatic N) is 3. The van der Waals surface area contributed by atoms with E-state index >= 15 is 0 Å². The van der Waals surface area contributed by atoms with E-state index in [0.717, 1.165) is 19.4 Å². The number of hydrogen-bond donors (Lipinski definition) is 2. The Labute approximate surface area is 110 Å². The molecule has 1 aromatic heterocycles. The van der Waals surface area contributed by atoms with Crippen LogP contribution in [0, 0.1) is 5.92 Å². The molecular formula is C11H15N5OS. The minimum atomic E-state index is -0.277. The molecule has 1 unspecified atom stereocenters. The van der Waals surface area contributed by atoms with Crippen LogP contribution in [-0.4, -0.2) is 34.0 Å². The van der Waals surface area contributed by atoms with E-state index in [1.54, 1.807) is 12.4 Å². The zero-order valence-electron chi connectivity index (χ0n) is 9.87. The molecule has 1 amide bonds. The summed E-state index contributed by atoms with van der Waals surface area (Å²) in [5, 5.41) is 0. The lowest BCUT2D eigenvalue weighted by atomic mass is 9.97.